The lowest BCUT2D eigenvalue weighted by Gasteiger charge is -2.22. The summed E-state index contributed by atoms with van der Waals surface area (Å²) in [5.74, 6) is 0.762. The molecular weight excluding hydrogens is 212 g/mol. The van der Waals surface area contributed by atoms with E-state index in [1.807, 2.05) is 0 Å². The number of nitrogens with zero attached hydrogens (tertiary/aromatic N) is 2. The zero-order chi connectivity index (χ0) is 11.9. The van der Waals surface area contributed by atoms with Gasteiger partial charge in [-0.2, -0.15) is 5.26 Å². The highest BCUT2D eigenvalue weighted by Gasteiger charge is 2.12. The van der Waals surface area contributed by atoms with E-state index in [0.29, 0.717) is 5.56 Å². The van der Waals surface area contributed by atoms with Crippen LogP contribution in [-0.2, 0) is 0 Å². The Hall–Kier alpha value is -1.60. The summed E-state index contributed by atoms with van der Waals surface area (Å²) in [6, 6.07) is 3.91. The van der Waals surface area contributed by atoms with Crippen LogP contribution in [0.1, 0.15) is 24.8 Å². The van der Waals surface area contributed by atoms with Crippen LogP contribution < -0.4 is 10.6 Å². The first kappa shape index (κ1) is 11.9. The van der Waals surface area contributed by atoms with Crippen LogP contribution in [0, 0.1) is 17.2 Å². The molecule has 1 fully saturated rings. The molecule has 0 spiro atoms. The SMILES string of the molecule is N#Cc1ccncc1NCCC1CCCNC1. The van der Waals surface area contributed by atoms with Crippen LogP contribution in [0.25, 0.3) is 0 Å². The molecule has 1 unspecified atom stereocenters. The van der Waals surface area contributed by atoms with Crippen molar-refractivity contribution in [2.24, 2.45) is 5.92 Å². The van der Waals surface area contributed by atoms with Gasteiger partial charge < -0.3 is 10.6 Å². The van der Waals surface area contributed by atoms with Crippen LogP contribution in [0.2, 0.25) is 0 Å². The van der Waals surface area contributed by atoms with Crippen LogP contribution in [0.5, 0.6) is 0 Å². The van der Waals surface area contributed by atoms with Crippen molar-refractivity contribution in [1.29, 1.82) is 5.26 Å². The lowest BCUT2D eigenvalue weighted by molar-refractivity contribution is 0.364. The van der Waals surface area contributed by atoms with Gasteiger partial charge in [-0.05, 0) is 44.3 Å². The molecule has 0 bridgehead atoms. The molecule has 1 aliphatic heterocycles. The van der Waals surface area contributed by atoms with Gasteiger partial charge in [0, 0.05) is 12.7 Å². The van der Waals surface area contributed by atoms with E-state index in [0.717, 1.165) is 37.7 Å². The van der Waals surface area contributed by atoms with Crippen molar-refractivity contribution in [1.82, 2.24) is 10.3 Å². The third kappa shape index (κ3) is 3.43. The van der Waals surface area contributed by atoms with Crippen molar-refractivity contribution in [3.63, 3.8) is 0 Å². The first-order valence-electron chi connectivity index (χ1n) is 6.19. The third-order valence-corrected chi connectivity index (χ3v) is 3.21. The summed E-state index contributed by atoms with van der Waals surface area (Å²) < 4.78 is 0. The predicted molar refractivity (Wildman–Crippen MR) is 67.7 cm³/mol. The van der Waals surface area contributed by atoms with Crippen LogP contribution >= 0.6 is 0 Å². The number of nitriles is 1. The number of anilines is 1. The molecule has 2 rings (SSSR count). The number of pyridine rings is 1. The van der Waals surface area contributed by atoms with Crippen molar-refractivity contribution in [3.8, 4) is 6.07 Å². The third-order valence-electron chi connectivity index (χ3n) is 3.21. The smallest absolute Gasteiger partial charge is 0.101 e. The van der Waals surface area contributed by atoms with E-state index >= 15 is 0 Å². The van der Waals surface area contributed by atoms with E-state index < -0.39 is 0 Å². The van der Waals surface area contributed by atoms with Gasteiger partial charge in [0.2, 0.25) is 0 Å². The lowest BCUT2D eigenvalue weighted by Crippen LogP contribution is -2.30. The summed E-state index contributed by atoms with van der Waals surface area (Å²) in [5.41, 5.74) is 1.51. The van der Waals surface area contributed by atoms with Gasteiger partial charge in [0.25, 0.3) is 0 Å². The Bertz CT molecular complexity index is 391. The molecule has 0 amide bonds. The standard InChI is InChI=1S/C13H18N4/c14-8-12-4-6-16-10-13(12)17-7-3-11-2-1-5-15-9-11/h4,6,10-11,15,17H,1-3,5,7,9H2. The summed E-state index contributed by atoms with van der Waals surface area (Å²) >= 11 is 0. The monoisotopic (exact) mass is 230 g/mol. The molecule has 1 aliphatic rings. The average molecular weight is 230 g/mol. The van der Waals surface area contributed by atoms with Crippen molar-refractivity contribution < 1.29 is 0 Å². The molecule has 1 aromatic rings. The lowest BCUT2D eigenvalue weighted by atomic mass is 9.96. The highest BCUT2D eigenvalue weighted by atomic mass is 14.9. The van der Waals surface area contributed by atoms with Gasteiger partial charge in [0.1, 0.15) is 6.07 Å². The van der Waals surface area contributed by atoms with Crippen molar-refractivity contribution >= 4 is 5.69 Å². The highest BCUT2D eigenvalue weighted by Crippen LogP contribution is 2.16. The molecule has 0 aliphatic carbocycles. The number of nitrogens with one attached hydrogen (secondary N) is 2. The van der Waals surface area contributed by atoms with Gasteiger partial charge in [-0.15, -0.1) is 0 Å². The molecule has 2 heterocycles. The summed E-state index contributed by atoms with van der Waals surface area (Å²) in [7, 11) is 0. The second-order valence-electron chi connectivity index (χ2n) is 4.46. The van der Waals surface area contributed by atoms with Gasteiger partial charge in [-0.1, -0.05) is 0 Å². The topological polar surface area (TPSA) is 60.7 Å². The number of piperidine rings is 1. The van der Waals surface area contributed by atoms with Crippen molar-refractivity contribution in [2.75, 3.05) is 25.0 Å². The van der Waals surface area contributed by atoms with E-state index in [1.54, 1.807) is 18.5 Å². The Morgan fingerprint density at radius 1 is 1.59 bits per heavy atom. The summed E-state index contributed by atoms with van der Waals surface area (Å²) in [6.45, 7) is 3.19. The first-order valence-corrected chi connectivity index (χ1v) is 6.19. The van der Waals surface area contributed by atoms with E-state index in [-0.39, 0.29) is 0 Å². The molecule has 4 heteroatoms. The largest absolute Gasteiger partial charge is 0.383 e. The van der Waals surface area contributed by atoms with Gasteiger partial charge >= 0.3 is 0 Å². The summed E-state index contributed by atoms with van der Waals surface area (Å²) in [4.78, 5) is 4.03. The minimum Gasteiger partial charge on any atom is -0.383 e. The van der Waals surface area contributed by atoms with Crippen molar-refractivity contribution in [2.45, 2.75) is 19.3 Å². The fourth-order valence-electron chi connectivity index (χ4n) is 2.21. The van der Waals surface area contributed by atoms with Gasteiger partial charge in [0.15, 0.2) is 0 Å². The van der Waals surface area contributed by atoms with Gasteiger partial charge in [0.05, 0.1) is 17.4 Å². The number of aromatic nitrogens is 1. The maximum atomic E-state index is 8.94. The van der Waals surface area contributed by atoms with E-state index in [9.17, 15) is 0 Å². The van der Waals surface area contributed by atoms with Gasteiger partial charge in [-0.3, -0.25) is 4.98 Å². The second-order valence-corrected chi connectivity index (χ2v) is 4.46. The zero-order valence-electron chi connectivity index (χ0n) is 9.95. The maximum absolute atomic E-state index is 8.94. The highest BCUT2D eigenvalue weighted by molar-refractivity contribution is 5.55. The Labute approximate surface area is 102 Å². The van der Waals surface area contributed by atoms with Crippen LogP contribution in [0.3, 0.4) is 0 Å². The van der Waals surface area contributed by atoms with Crippen LogP contribution in [-0.4, -0.2) is 24.6 Å². The number of hydrogen-bond donors (Lipinski definition) is 2. The molecule has 0 aromatic carbocycles. The van der Waals surface area contributed by atoms with Crippen LogP contribution in [0.15, 0.2) is 18.5 Å². The Balaban J connectivity index is 1.79. The Kier molecular flexibility index (Phi) is 4.34. The van der Waals surface area contributed by atoms with E-state index in [2.05, 4.69) is 21.7 Å². The molecule has 17 heavy (non-hydrogen) atoms. The molecule has 0 radical (unpaired) electrons. The second kappa shape index (κ2) is 6.21. The van der Waals surface area contributed by atoms with E-state index in [1.165, 1.54) is 12.8 Å². The number of hydrogen-bond acceptors (Lipinski definition) is 4. The zero-order valence-corrected chi connectivity index (χ0v) is 9.95. The van der Waals surface area contributed by atoms with Crippen molar-refractivity contribution in [3.05, 3.63) is 24.0 Å². The molecule has 0 saturated carbocycles. The fraction of sp³-hybridized carbons (Fsp3) is 0.538. The average Bonchev–Trinajstić information content (AvgIpc) is 2.40. The predicted octanol–water partition coefficient (Wildman–Crippen LogP) is 1.75. The molecule has 90 valence electrons. The molecule has 1 aromatic heterocycles. The molecule has 4 nitrogen and oxygen atoms in total. The molecular formula is C13H18N4. The first-order chi connectivity index (χ1) is 8.40. The number of rotatable bonds is 4. The van der Waals surface area contributed by atoms with Crippen LogP contribution in [0.4, 0.5) is 5.69 Å². The molecule has 2 N–H and O–H groups in total. The minimum atomic E-state index is 0.668. The van der Waals surface area contributed by atoms with E-state index in [4.69, 9.17) is 5.26 Å². The summed E-state index contributed by atoms with van der Waals surface area (Å²) in [5, 5.41) is 15.7. The normalized spacial score (nSPS) is 19.6. The molecule has 1 saturated heterocycles. The minimum absolute atomic E-state index is 0.668. The quantitative estimate of drug-likeness (QED) is 0.827. The fourth-order valence-corrected chi connectivity index (χ4v) is 2.21. The molecule has 1 atom stereocenters. The Morgan fingerprint density at radius 3 is 3.29 bits per heavy atom. The maximum Gasteiger partial charge on any atom is 0.101 e. The summed E-state index contributed by atoms with van der Waals surface area (Å²) in [6.07, 6.45) is 7.10. The van der Waals surface area contributed by atoms with Gasteiger partial charge in [-0.25, -0.2) is 0 Å². The Morgan fingerprint density at radius 2 is 2.53 bits per heavy atom.